The number of anilines is 1. The number of esters is 1. The van der Waals surface area contributed by atoms with Gasteiger partial charge in [0.25, 0.3) is 11.5 Å². The first-order valence-corrected chi connectivity index (χ1v) is 10.1. The summed E-state index contributed by atoms with van der Waals surface area (Å²) in [5, 5.41) is 6.67. The van der Waals surface area contributed by atoms with Gasteiger partial charge in [-0.25, -0.2) is 9.18 Å². The van der Waals surface area contributed by atoms with Crippen molar-refractivity contribution in [2.75, 3.05) is 25.1 Å². The van der Waals surface area contributed by atoms with Gasteiger partial charge in [0.15, 0.2) is 12.4 Å². The molecule has 0 aliphatic rings. The molecule has 1 N–H and O–H groups in total. The van der Waals surface area contributed by atoms with Crippen LogP contribution in [-0.2, 0) is 9.53 Å². The van der Waals surface area contributed by atoms with Crippen LogP contribution >= 0.6 is 0 Å². The van der Waals surface area contributed by atoms with Gasteiger partial charge >= 0.3 is 5.97 Å². The van der Waals surface area contributed by atoms with E-state index in [9.17, 15) is 18.8 Å². The number of halogens is 1. The van der Waals surface area contributed by atoms with Crippen molar-refractivity contribution in [3.8, 4) is 17.2 Å². The Hall–Kier alpha value is -4.21. The number of carbonyl (C=O) groups is 2. The molecule has 2 aromatic carbocycles. The maximum atomic E-state index is 13.2. The lowest BCUT2D eigenvalue weighted by Crippen LogP contribution is -2.27. The predicted molar refractivity (Wildman–Crippen MR) is 117 cm³/mol. The van der Waals surface area contributed by atoms with Crippen molar-refractivity contribution in [2.24, 2.45) is 0 Å². The summed E-state index contributed by atoms with van der Waals surface area (Å²) in [6, 6.07) is 12.9. The lowest BCUT2D eigenvalue weighted by Gasteiger charge is -2.14. The van der Waals surface area contributed by atoms with E-state index in [0.717, 1.165) is 22.9 Å². The molecule has 1 aromatic heterocycles. The average Bonchev–Trinajstić information content (AvgIpc) is 2.80. The summed E-state index contributed by atoms with van der Waals surface area (Å²) in [4.78, 5) is 37.4. The van der Waals surface area contributed by atoms with E-state index in [4.69, 9.17) is 14.2 Å². The molecular weight excluding hydrogens is 433 g/mol. The van der Waals surface area contributed by atoms with Crippen LogP contribution in [0.1, 0.15) is 24.3 Å². The molecule has 3 aromatic rings. The molecule has 0 fully saturated rings. The van der Waals surface area contributed by atoms with Crippen molar-refractivity contribution in [1.29, 1.82) is 0 Å². The van der Waals surface area contributed by atoms with Gasteiger partial charge in [-0.1, -0.05) is 12.1 Å². The Morgan fingerprint density at radius 1 is 1.00 bits per heavy atom. The van der Waals surface area contributed by atoms with Crippen molar-refractivity contribution in [3.63, 3.8) is 0 Å². The molecule has 3 rings (SSSR count). The number of benzene rings is 2. The summed E-state index contributed by atoms with van der Waals surface area (Å²) in [7, 11) is 0. The molecule has 0 spiro atoms. The molecule has 9 nitrogen and oxygen atoms in total. The van der Waals surface area contributed by atoms with Crippen LogP contribution in [0.4, 0.5) is 10.1 Å². The summed E-state index contributed by atoms with van der Waals surface area (Å²) < 4.78 is 30.0. The maximum Gasteiger partial charge on any atom is 0.362 e. The second-order valence-electron chi connectivity index (χ2n) is 6.57. The molecule has 0 unspecified atom stereocenters. The molecule has 0 aliphatic heterocycles. The Bertz CT molecular complexity index is 1190. The van der Waals surface area contributed by atoms with Gasteiger partial charge in [-0.2, -0.15) is 9.78 Å². The van der Waals surface area contributed by atoms with E-state index < -0.39 is 29.9 Å². The number of para-hydroxylation sites is 2. The third-order valence-electron chi connectivity index (χ3n) is 4.26. The summed E-state index contributed by atoms with van der Waals surface area (Å²) in [6.45, 7) is 3.40. The van der Waals surface area contributed by atoms with Gasteiger partial charge in [-0.3, -0.25) is 9.59 Å². The molecular formula is C23H22FN3O6. The highest BCUT2D eigenvalue weighted by Gasteiger charge is 2.21. The molecule has 0 saturated carbocycles. The molecule has 0 radical (unpaired) electrons. The van der Waals surface area contributed by atoms with Crippen LogP contribution < -0.4 is 20.3 Å². The Kier molecular flexibility index (Phi) is 7.74. The van der Waals surface area contributed by atoms with Crippen LogP contribution in [-0.4, -0.2) is 41.5 Å². The number of ether oxygens (including phenoxy) is 3. The van der Waals surface area contributed by atoms with E-state index in [1.807, 2.05) is 6.92 Å². The quantitative estimate of drug-likeness (QED) is 0.494. The summed E-state index contributed by atoms with van der Waals surface area (Å²) in [6.07, 6.45) is 0. The molecule has 0 atom stereocenters. The maximum absolute atomic E-state index is 13.2. The van der Waals surface area contributed by atoms with Gasteiger partial charge in [0.2, 0.25) is 5.69 Å². The summed E-state index contributed by atoms with van der Waals surface area (Å²) >= 11 is 0. The lowest BCUT2D eigenvalue weighted by atomic mass is 10.3. The highest BCUT2D eigenvalue weighted by Crippen LogP contribution is 2.23. The molecule has 172 valence electrons. The molecule has 33 heavy (non-hydrogen) atoms. The van der Waals surface area contributed by atoms with E-state index in [0.29, 0.717) is 18.0 Å². The Morgan fingerprint density at radius 2 is 1.73 bits per heavy atom. The van der Waals surface area contributed by atoms with Crippen molar-refractivity contribution in [1.82, 2.24) is 9.78 Å². The van der Waals surface area contributed by atoms with E-state index in [1.165, 1.54) is 12.1 Å². The monoisotopic (exact) mass is 455 g/mol. The van der Waals surface area contributed by atoms with Crippen LogP contribution in [0.3, 0.4) is 0 Å². The second-order valence-corrected chi connectivity index (χ2v) is 6.57. The Morgan fingerprint density at radius 3 is 2.42 bits per heavy atom. The SMILES string of the molecule is CCOC(=O)c1nn(-c2ccc(F)cc2)c(=O)cc1OCC(=O)Nc1ccccc1OCC. The number of hydrogen-bond donors (Lipinski definition) is 1. The minimum atomic E-state index is -0.842. The molecule has 1 heterocycles. The van der Waals surface area contributed by atoms with Gasteiger partial charge in [-0.05, 0) is 50.2 Å². The van der Waals surface area contributed by atoms with Gasteiger partial charge in [-0.15, -0.1) is 0 Å². The van der Waals surface area contributed by atoms with Gasteiger partial charge in [0.1, 0.15) is 11.6 Å². The number of rotatable bonds is 9. The summed E-state index contributed by atoms with van der Waals surface area (Å²) in [5.41, 5.74) is -0.262. The number of hydrogen-bond acceptors (Lipinski definition) is 7. The second kappa shape index (κ2) is 10.9. The molecule has 0 aliphatic carbocycles. The zero-order valence-corrected chi connectivity index (χ0v) is 18.0. The van der Waals surface area contributed by atoms with E-state index in [1.54, 1.807) is 31.2 Å². The molecule has 0 bridgehead atoms. The van der Waals surface area contributed by atoms with Gasteiger partial charge < -0.3 is 19.5 Å². The zero-order chi connectivity index (χ0) is 23.8. The number of nitrogens with one attached hydrogen (secondary N) is 1. The molecule has 10 heteroatoms. The van der Waals surface area contributed by atoms with Crippen LogP contribution in [0, 0.1) is 5.82 Å². The number of aromatic nitrogens is 2. The van der Waals surface area contributed by atoms with Crippen molar-refractivity contribution in [3.05, 3.63) is 76.5 Å². The Labute approximate surface area is 188 Å². The predicted octanol–water partition coefficient (Wildman–Crippen LogP) is 2.96. The highest BCUT2D eigenvalue weighted by atomic mass is 19.1. The first kappa shape index (κ1) is 23.5. The van der Waals surface area contributed by atoms with E-state index >= 15 is 0 Å². The topological polar surface area (TPSA) is 109 Å². The fourth-order valence-corrected chi connectivity index (χ4v) is 2.84. The average molecular weight is 455 g/mol. The van der Waals surface area contributed by atoms with Crippen LogP contribution in [0.15, 0.2) is 59.4 Å². The third kappa shape index (κ3) is 5.94. The van der Waals surface area contributed by atoms with Crippen LogP contribution in [0.25, 0.3) is 5.69 Å². The number of nitrogens with zero attached hydrogens (tertiary/aromatic N) is 2. The summed E-state index contributed by atoms with van der Waals surface area (Å²) in [5.74, 6) is -1.60. The van der Waals surface area contributed by atoms with Crippen LogP contribution in [0.2, 0.25) is 0 Å². The van der Waals surface area contributed by atoms with Crippen molar-refractivity contribution in [2.45, 2.75) is 13.8 Å². The third-order valence-corrected chi connectivity index (χ3v) is 4.26. The van der Waals surface area contributed by atoms with E-state index in [-0.39, 0.29) is 23.7 Å². The number of amides is 1. The highest BCUT2D eigenvalue weighted by molar-refractivity contribution is 5.94. The van der Waals surface area contributed by atoms with Gasteiger partial charge in [0.05, 0.1) is 30.7 Å². The first-order valence-electron chi connectivity index (χ1n) is 10.1. The zero-order valence-electron chi connectivity index (χ0n) is 18.0. The van der Waals surface area contributed by atoms with Gasteiger partial charge in [0, 0.05) is 0 Å². The standard InChI is InChI=1S/C23H22FN3O6/c1-3-31-18-8-6-5-7-17(18)25-20(28)14-33-19-13-21(29)27(16-11-9-15(24)10-12-16)26-22(19)23(30)32-4-2/h5-13H,3-4,14H2,1-2H3,(H,25,28). The van der Waals surface area contributed by atoms with Crippen molar-refractivity contribution >= 4 is 17.6 Å². The molecule has 0 saturated heterocycles. The lowest BCUT2D eigenvalue weighted by molar-refractivity contribution is -0.118. The first-order chi connectivity index (χ1) is 15.9. The largest absolute Gasteiger partial charge is 0.492 e. The molecule has 1 amide bonds. The normalized spacial score (nSPS) is 10.4. The minimum Gasteiger partial charge on any atom is -0.492 e. The fraction of sp³-hybridized carbons (Fsp3) is 0.217. The van der Waals surface area contributed by atoms with E-state index in [2.05, 4.69) is 10.4 Å². The fourth-order valence-electron chi connectivity index (χ4n) is 2.84. The minimum absolute atomic E-state index is 0.0598. The number of carbonyl (C=O) groups excluding carboxylic acids is 2. The van der Waals surface area contributed by atoms with Crippen molar-refractivity contribution < 1.29 is 28.2 Å². The smallest absolute Gasteiger partial charge is 0.362 e. The Balaban J connectivity index is 1.84. The van der Waals surface area contributed by atoms with Crippen LogP contribution in [0.5, 0.6) is 11.5 Å².